The number of carboxylic acid groups (broad SMARTS) is 1. The van der Waals surface area contributed by atoms with Crippen molar-refractivity contribution in [1.82, 2.24) is 5.32 Å². The van der Waals surface area contributed by atoms with E-state index in [0.29, 0.717) is 12.2 Å². The van der Waals surface area contributed by atoms with Gasteiger partial charge in [0.05, 0.1) is 12.1 Å². The SMILES string of the molecule is O=C(NCC1Cc2ccc(C(=O)O)cc2O1)OCC1c2ccccc2-c2ccccc21. The Bertz CT molecular complexity index is 1130. The number of benzene rings is 3. The molecule has 0 radical (unpaired) electrons. The Balaban J connectivity index is 1.18. The van der Waals surface area contributed by atoms with Crippen LogP contribution < -0.4 is 10.1 Å². The van der Waals surface area contributed by atoms with E-state index in [0.717, 1.165) is 5.56 Å². The summed E-state index contributed by atoms with van der Waals surface area (Å²) in [6.45, 7) is 0.543. The molecular weight excluding hydrogens is 394 g/mol. The smallest absolute Gasteiger partial charge is 0.407 e. The highest BCUT2D eigenvalue weighted by Crippen LogP contribution is 2.44. The molecule has 0 bridgehead atoms. The third-order valence-electron chi connectivity index (χ3n) is 5.87. The Kier molecular flexibility index (Phi) is 4.82. The van der Waals surface area contributed by atoms with E-state index >= 15 is 0 Å². The highest BCUT2D eigenvalue weighted by Gasteiger charge is 2.29. The second-order valence-corrected chi connectivity index (χ2v) is 7.78. The quantitative estimate of drug-likeness (QED) is 0.652. The van der Waals surface area contributed by atoms with Crippen molar-refractivity contribution in [3.8, 4) is 16.9 Å². The molecule has 3 aromatic rings. The minimum absolute atomic E-state index is 0.0135. The number of alkyl carbamates (subject to hydrolysis) is 1. The summed E-state index contributed by atoms with van der Waals surface area (Å²) in [6.07, 6.45) is -0.133. The van der Waals surface area contributed by atoms with Crippen LogP contribution in [0, 0.1) is 0 Å². The average molecular weight is 415 g/mol. The van der Waals surface area contributed by atoms with Gasteiger partial charge in [-0.15, -0.1) is 0 Å². The first-order valence-electron chi connectivity index (χ1n) is 10.2. The van der Waals surface area contributed by atoms with Gasteiger partial charge < -0.3 is 19.9 Å². The van der Waals surface area contributed by atoms with Crippen LogP contribution in [0.1, 0.15) is 33.0 Å². The number of carbonyl (C=O) groups excluding carboxylic acids is 1. The highest BCUT2D eigenvalue weighted by atomic mass is 16.5. The lowest BCUT2D eigenvalue weighted by molar-refractivity contribution is 0.0696. The summed E-state index contributed by atoms with van der Waals surface area (Å²) in [7, 11) is 0. The number of amides is 1. The summed E-state index contributed by atoms with van der Waals surface area (Å²) >= 11 is 0. The lowest BCUT2D eigenvalue weighted by atomic mass is 9.98. The fourth-order valence-corrected chi connectivity index (χ4v) is 4.39. The first-order chi connectivity index (χ1) is 15.1. The Morgan fingerprint density at radius 3 is 2.35 bits per heavy atom. The maximum Gasteiger partial charge on any atom is 0.407 e. The molecule has 5 rings (SSSR count). The number of aromatic carboxylic acids is 1. The van der Waals surface area contributed by atoms with Gasteiger partial charge in [-0.1, -0.05) is 54.6 Å². The summed E-state index contributed by atoms with van der Waals surface area (Å²) in [5.74, 6) is -0.426. The van der Waals surface area contributed by atoms with Gasteiger partial charge in [0.25, 0.3) is 0 Å². The lowest BCUT2D eigenvalue weighted by Crippen LogP contribution is -2.35. The number of hydrogen-bond acceptors (Lipinski definition) is 4. The zero-order valence-electron chi connectivity index (χ0n) is 16.7. The first-order valence-corrected chi connectivity index (χ1v) is 10.2. The standard InChI is InChI=1S/C25H21NO5/c27-24(28)16-10-9-15-11-17(31-23(15)12-16)13-26-25(29)30-14-22-20-7-3-1-5-18(20)19-6-2-4-8-21(19)22/h1-10,12,17,22H,11,13-14H2,(H,26,29)(H,27,28). The molecule has 2 N–H and O–H groups in total. The second-order valence-electron chi connectivity index (χ2n) is 7.78. The molecule has 1 unspecified atom stereocenters. The Morgan fingerprint density at radius 2 is 1.68 bits per heavy atom. The van der Waals surface area contributed by atoms with Crippen LogP contribution in [0.5, 0.6) is 5.75 Å². The maximum atomic E-state index is 12.3. The molecule has 1 aliphatic heterocycles. The molecule has 31 heavy (non-hydrogen) atoms. The Morgan fingerprint density at radius 1 is 1.00 bits per heavy atom. The monoisotopic (exact) mass is 415 g/mol. The summed E-state index contributed by atoms with van der Waals surface area (Å²) in [5, 5.41) is 11.9. The van der Waals surface area contributed by atoms with Crippen LogP contribution >= 0.6 is 0 Å². The molecule has 6 heteroatoms. The fourth-order valence-electron chi connectivity index (χ4n) is 4.39. The molecule has 0 fully saturated rings. The van der Waals surface area contributed by atoms with Crippen molar-refractivity contribution in [2.75, 3.05) is 13.2 Å². The molecule has 0 aromatic heterocycles. The van der Waals surface area contributed by atoms with Crippen molar-refractivity contribution in [3.63, 3.8) is 0 Å². The lowest BCUT2D eigenvalue weighted by Gasteiger charge is -2.16. The normalized spacial score (nSPS) is 16.1. The molecule has 0 saturated heterocycles. The van der Waals surface area contributed by atoms with Gasteiger partial charge in [-0.05, 0) is 39.9 Å². The molecule has 1 heterocycles. The van der Waals surface area contributed by atoms with E-state index in [4.69, 9.17) is 14.6 Å². The molecule has 6 nitrogen and oxygen atoms in total. The molecule has 1 aliphatic carbocycles. The van der Waals surface area contributed by atoms with Gasteiger partial charge in [0.1, 0.15) is 18.5 Å². The number of rotatable bonds is 5. The third-order valence-corrected chi connectivity index (χ3v) is 5.87. The van der Waals surface area contributed by atoms with E-state index in [-0.39, 0.29) is 30.7 Å². The third kappa shape index (κ3) is 3.61. The van der Waals surface area contributed by atoms with Crippen LogP contribution in [0.4, 0.5) is 4.79 Å². The van der Waals surface area contributed by atoms with E-state index in [1.807, 2.05) is 24.3 Å². The van der Waals surface area contributed by atoms with E-state index in [2.05, 4.69) is 29.6 Å². The van der Waals surface area contributed by atoms with Crippen molar-refractivity contribution in [1.29, 1.82) is 0 Å². The minimum Gasteiger partial charge on any atom is -0.488 e. The molecule has 2 aliphatic rings. The van der Waals surface area contributed by atoms with Crippen molar-refractivity contribution in [2.45, 2.75) is 18.4 Å². The highest BCUT2D eigenvalue weighted by molar-refractivity contribution is 5.88. The number of carboxylic acids is 1. The summed E-state index contributed by atoms with van der Waals surface area (Å²) in [6, 6.07) is 21.2. The minimum atomic E-state index is -0.994. The van der Waals surface area contributed by atoms with Gasteiger partial charge in [0.2, 0.25) is 0 Å². The first kappa shape index (κ1) is 19.2. The van der Waals surface area contributed by atoms with E-state index in [9.17, 15) is 9.59 Å². The predicted octanol–water partition coefficient (Wildman–Crippen LogP) is 4.23. The van der Waals surface area contributed by atoms with E-state index in [1.165, 1.54) is 28.3 Å². The average Bonchev–Trinajstić information content (AvgIpc) is 3.34. The van der Waals surface area contributed by atoms with E-state index < -0.39 is 12.1 Å². The second kappa shape index (κ2) is 7.80. The van der Waals surface area contributed by atoms with Crippen molar-refractivity contribution < 1.29 is 24.2 Å². The molecule has 3 aromatic carbocycles. The van der Waals surface area contributed by atoms with Gasteiger partial charge >= 0.3 is 12.1 Å². The van der Waals surface area contributed by atoms with Crippen molar-refractivity contribution in [3.05, 3.63) is 89.0 Å². The number of hydrogen-bond donors (Lipinski definition) is 2. The van der Waals surface area contributed by atoms with Gasteiger partial charge in [-0.3, -0.25) is 0 Å². The van der Waals surface area contributed by atoms with Crippen LogP contribution in [-0.2, 0) is 11.2 Å². The van der Waals surface area contributed by atoms with Gasteiger partial charge in [-0.25, -0.2) is 9.59 Å². The van der Waals surface area contributed by atoms with Gasteiger partial charge in [-0.2, -0.15) is 0 Å². The molecule has 1 amide bonds. The van der Waals surface area contributed by atoms with Crippen LogP contribution in [0.25, 0.3) is 11.1 Å². The van der Waals surface area contributed by atoms with Crippen LogP contribution in [0.2, 0.25) is 0 Å². The van der Waals surface area contributed by atoms with Crippen molar-refractivity contribution in [2.24, 2.45) is 0 Å². The number of fused-ring (bicyclic) bond motifs is 4. The Labute approximate surface area is 179 Å². The van der Waals surface area contributed by atoms with Gasteiger partial charge in [0, 0.05) is 12.3 Å². The van der Waals surface area contributed by atoms with Crippen LogP contribution in [0.15, 0.2) is 66.7 Å². The summed E-state index contributed by atoms with van der Waals surface area (Å²) < 4.78 is 11.3. The van der Waals surface area contributed by atoms with Crippen LogP contribution in [-0.4, -0.2) is 36.4 Å². The largest absolute Gasteiger partial charge is 0.488 e. The number of carbonyl (C=O) groups is 2. The van der Waals surface area contributed by atoms with Crippen molar-refractivity contribution >= 4 is 12.1 Å². The molecule has 156 valence electrons. The molecule has 0 saturated carbocycles. The molecule has 0 spiro atoms. The predicted molar refractivity (Wildman–Crippen MR) is 115 cm³/mol. The Hall–Kier alpha value is -3.80. The van der Waals surface area contributed by atoms with Crippen LogP contribution in [0.3, 0.4) is 0 Å². The van der Waals surface area contributed by atoms with E-state index in [1.54, 1.807) is 12.1 Å². The fraction of sp³-hybridized carbons (Fsp3) is 0.200. The zero-order valence-corrected chi connectivity index (χ0v) is 16.7. The molecular formula is C25H21NO5. The maximum absolute atomic E-state index is 12.3. The number of nitrogens with one attached hydrogen (secondary N) is 1. The van der Waals surface area contributed by atoms with Gasteiger partial charge in [0.15, 0.2) is 0 Å². The number of ether oxygens (including phenoxy) is 2. The zero-order chi connectivity index (χ0) is 21.4. The summed E-state index contributed by atoms with van der Waals surface area (Å²) in [4.78, 5) is 23.4. The molecule has 1 atom stereocenters. The topological polar surface area (TPSA) is 84.9 Å². The summed E-state index contributed by atoms with van der Waals surface area (Å²) in [5.41, 5.74) is 5.82.